The van der Waals surface area contributed by atoms with Crippen molar-refractivity contribution in [3.63, 3.8) is 0 Å². The molecular weight excluding hydrogens is 470 g/mol. The molecule has 2 fully saturated rings. The minimum atomic E-state index is -3.50. The van der Waals surface area contributed by atoms with Crippen LogP contribution in [-0.2, 0) is 21.2 Å². The van der Waals surface area contributed by atoms with E-state index in [1.807, 2.05) is 35.2 Å². The summed E-state index contributed by atoms with van der Waals surface area (Å²) in [5, 5.41) is 0.725. The van der Waals surface area contributed by atoms with Gasteiger partial charge in [-0.3, -0.25) is 4.79 Å². The van der Waals surface area contributed by atoms with Gasteiger partial charge in [0.05, 0.1) is 4.90 Å². The minimum Gasteiger partial charge on any atom is -0.368 e. The summed E-state index contributed by atoms with van der Waals surface area (Å²) in [7, 11) is -3.50. The predicted molar refractivity (Wildman–Crippen MR) is 137 cm³/mol. The van der Waals surface area contributed by atoms with E-state index < -0.39 is 10.0 Å². The number of hydrogen-bond donors (Lipinski definition) is 1. The number of halogens is 1. The van der Waals surface area contributed by atoms with Crippen molar-refractivity contribution in [2.24, 2.45) is 0 Å². The van der Waals surface area contributed by atoms with Gasteiger partial charge in [-0.25, -0.2) is 13.1 Å². The maximum absolute atomic E-state index is 12.8. The fourth-order valence-corrected chi connectivity index (χ4v) is 6.34. The Labute approximate surface area is 208 Å². The van der Waals surface area contributed by atoms with Crippen LogP contribution < -0.4 is 9.62 Å². The average Bonchev–Trinajstić information content (AvgIpc) is 2.85. The Morgan fingerprint density at radius 3 is 2.35 bits per heavy atom. The molecule has 0 spiro atoms. The Bertz CT molecular complexity index is 1090. The highest BCUT2D eigenvalue weighted by Gasteiger charge is 2.23. The SMILES string of the molecule is Cc1ccc(Cl)cc1N1CCN(C(=O)CCc2ccc(S(=O)(=O)NC3CCCCC3)cc2)CC1. The van der Waals surface area contributed by atoms with Gasteiger partial charge in [0.25, 0.3) is 0 Å². The second-order valence-electron chi connectivity index (χ2n) is 9.40. The van der Waals surface area contributed by atoms with E-state index >= 15 is 0 Å². The fourth-order valence-electron chi connectivity index (χ4n) is 4.87. The van der Waals surface area contributed by atoms with Gasteiger partial charge in [0.15, 0.2) is 0 Å². The van der Waals surface area contributed by atoms with Crippen LogP contribution in [-0.4, -0.2) is 51.4 Å². The molecule has 34 heavy (non-hydrogen) atoms. The van der Waals surface area contributed by atoms with Crippen molar-refractivity contribution in [1.29, 1.82) is 0 Å². The lowest BCUT2D eigenvalue weighted by Crippen LogP contribution is -2.49. The smallest absolute Gasteiger partial charge is 0.240 e. The molecule has 0 atom stereocenters. The standard InChI is InChI=1S/C26H34ClN3O3S/c1-20-7-11-22(27)19-25(20)29-15-17-30(18-16-29)26(31)14-10-21-8-12-24(13-9-21)34(32,33)28-23-5-3-2-4-6-23/h7-9,11-13,19,23,28H,2-6,10,14-18H2,1H3. The molecule has 1 aliphatic carbocycles. The molecule has 1 saturated heterocycles. The van der Waals surface area contributed by atoms with Crippen molar-refractivity contribution in [2.45, 2.75) is 62.8 Å². The molecule has 0 aromatic heterocycles. The number of nitrogens with one attached hydrogen (secondary N) is 1. The molecule has 8 heteroatoms. The van der Waals surface area contributed by atoms with E-state index in [9.17, 15) is 13.2 Å². The second kappa shape index (κ2) is 11.1. The minimum absolute atomic E-state index is 0.0410. The summed E-state index contributed by atoms with van der Waals surface area (Å²) in [4.78, 5) is 17.3. The second-order valence-corrected chi connectivity index (χ2v) is 11.5. The number of aryl methyl sites for hydroxylation is 2. The third kappa shape index (κ3) is 6.32. The van der Waals surface area contributed by atoms with Crippen LogP contribution in [0.4, 0.5) is 5.69 Å². The first-order valence-electron chi connectivity index (χ1n) is 12.2. The highest BCUT2D eigenvalue weighted by atomic mass is 35.5. The van der Waals surface area contributed by atoms with Crippen molar-refractivity contribution >= 4 is 33.2 Å². The molecule has 4 rings (SSSR count). The number of benzene rings is 2. The van der Waals surface area contributed by atoms with Gasteiger partial charge in [0.1, 0.15) is 0 Å². The lowest BCUT2D eigenvalue weighted by molar-refractivity contribution is -0.131. The average molecular weight is 504 g/mol. The summed E-state index contributed by atoms with van der Waals surface area (Å²) in [6.45, 7) is 5.02. The van der Waals surface area contributed by atoms with Gasteiger partial charge < -0.3 is 9.80 Å². The Hall–Kier alpha value is -2.09. The summed E-state index contributed by atoms with van der Waals surface area (Å²) >= 11 is 6.16. The predicted octanol–water partition coefficient (Wildman–Crippen LogP) is 4.54. The molecule has 0 bridgehead atoms. The normalized spacial score (nSPS) is 17.7. The van der Waals surface area contributed by atoms with Crippen LogP contribution in [0.3, 0.4) is 0 Å². The Kier molecular flexibility index (Phi) is 8.17. The number of piperazine rings is 1. The van der Waals surface area contributed by atoms with Crippen LogP contribution in [0.1, 0.15) is 49.7 Å². The zero-order chi connectivity index (χ0) is 24.1. The van der Waals surface area contributed by atoms with Crippen molar-refractivity contribution in [1.82, 2.24) is 9.62 Å². The lowest BCUT2D eigenvalue weighted by Gasteiger charge is -2.37. The molecule has 1 saturated carbocycles. The van der Waals surface area contributed by atoms with E-state index in [2.05, 4.69) is 16.5 Å². The van der Waals surface area contributed by atoms with Crippen LogP contribution in [0, 0.1) is 6.92 Å². The number of carbonyl (C=O) groups is 1. The molecule has 0 radical (unpaired) electrons. The molecule has 2 aliphatic rings. The molecule has 1 heterocycles. The van der Waals surface area contributed by atoms with Gasteiger partial charge in [0.2, 0.25) is 15.9 Å². The van der Waals surface area contributed by atoms with Crippen LogP contribution in [0.5, 0.6) is 0 Å². The van der Waals surface area contributed by atoms with Crippen molar-refractivity contribution in [2.75, 3.05) is 31.1 Å². The fraction of sp³-hybridized carbons (Fsp3) is 0.500. The van der Waals surface area contributed by atoms with Gasteiger partial charge in [-0.15, -0.1) is 0 Å². The van der Waals surface area contributed by atoms with Crippen LogP contribution >= 0.6 is 11.6 Å². The van der Waals surface area contributed by atoms with Crippen molar-refractivity contribution in [3.8, 4) is 0 Å². The maximum atomic E-state index is 12.8. The van der Waals surface area contributed by atoms with E-state index in [0.717, 1.165) is 55.0 Å². The zero-order valence-corrected chi connectivity index (χ0v) is 21.4. The first-order valence-corrected chi connectivity index (χ1v) is 14.1. The van der Waals surface area contributed by atoms with E-state index in [0.29, 0.717) is 30.8 Å². The lowest BCUT2D eigenvalue weighted by atomic mass is 9.96. The number of anilines is 1. The molecule has 1 aliphatic heterocycles. The van der Waals surface area contributed by atoms with Gasteiger partial charge in [-0.2, -0.15) is 0 Å². The summed E-state index contributed by atoms with van der Waals surface area (Å²) < 4.78 is 28.2. The molecular formula is C26H34ClN3O3S. The summed E-state index contributed by atoms with van der Waals surface area (Å²) in [6.07, 6.45) is 6.18. The highest BCUT2D eigenvalue weighted by Crippen LogP contribution is 2.25. The van der Waals surface area contributed by atoms with E-state index in [1.54, 1.807) is 12.1 Å². The van der Waals surface area contributed by atoms with Crippen molar-refractivity contribution in [3.05, 3.63) is 58.6 Å². The topological polar surface area (TPSA) is 69.7 Å². The van der Waals surface area contributed by atoms with Crippen LogP contribution in [0.25, 0.3) is 0 Å². The number of amides is 1. The Balaban J connectivity index is 1.26. The van der Waals surface area contributed by atoms with Crippen LogP contribution in [0.15, 0.2) is 47.4 Å². The maximum Gasteiger partial charge on any atom is 0.240 e. The number of rotatable bonds is 7. The third-order valence-electron chi connectivity index (χ3n) is 6.93. The summed E-state index contributed by atoms with van der Waals surface area (Å²) in [5.41, 5.74) is 3.29. The molecule has 1 N–H and O–H groups in total. The van der Waals surface area contributed by atoms with Gasteiger partial charge >= 0.3 is 0 Å². The molecule has 2 aromatic rings. The summed E-state index contributed by atoms with van der Waals surface area (Å²) in [6, 6.07) is 12.9. The van der Waals surface area contributed by atoms with E-state index in [4.69, 9.17) is 11.6 Å². The monoisotopic (exact) mass is 503 g/mol. The number of sulfonamides is 1. The first kappa shape index (κ1) is 25.0. The number of carbonyl (C=O) groups excluding carboxylic acids is 1. The molecule has 0 unspecified atom stereocenters. The largest absolute Gasteiger partial charge is 0.368 e. The van der Waals surface area contributed by atoms with E-state index in [-0.39, 0.29) is 11.9 Å². The van der Waals surface area contributed by atoms with Gasteiger partial charge in [-0.05, 0) is 61.6 Å². The number of hydrogen-bond acceptors (Lipinski definition) is 4. The molecule has 2 aromatic carbocycles. The molecule has 6 nitrogen and oxygen atoms in total. The van der Waals surface area contributed by atoms with Gasteiger partial charge in [-0.1, -0.05) is 49.1 Å². The third-order valence-corrected chi connectivity index (χ3v) is 8.70. The number of nitrogens with zero attached hydrogens (tertiary/aromatic N) is 2. The Morgan fingerprint density at radius 2 is 1.68 bits per heavy atom. The highest BCUT2D eigenvalue weighted by molar-refractivity contribution is 7.89. The van der Waals surface area contributed by atoms with Crippen LogP contribution in [0.2, 0.25) is 5.02 Å². The quantitative estimate of drug-likeness (QED) is 0.602. The zero-order valence-electron chi connectivity index (χ0n) is 19.8. The Morgan fingerprint density at radius 1 is 1.00 bits per heavy atom. The van der Waals surface area contributed by atoms with E-state index in [1.165, 1.54) is 12.0 Å². The first-order chi connectivity index (χ1) is 16.3. The molecule has 184 valence electrons. The van der Waals surface area contributed by atoms with Crippen molar-refractivity contribution < 1.29 is 13.2 Å². The summed E-state index contributed by atoms with van der Waals surface area (Å²) in [5.74, 6) is 0.137. The molecule has 1 amide bonds. The van der Waals surface area contributed by atoms with Gasteiger partial charge in [0, 0.05) is 49.4 Å².